The summed E-state index contributed by atoms with van der Waals surface area (Å²) in [6.07, 6.45) is 0.409. The molecular weight excluding hydrogens is 376 g/mol. The lowest BCUT2D eigenvalue weighted by Gasteiger charge is -2.23. The molecule has 19 heavy (non-hydrogen) atoms. The number of anilines is 1. The number of nitrogens with one attached hydrogen (secondary N) is 2. The number of ether oxygens (including phenoxy) is 1. The molecule has 1 amide bonds. The molecule has 1 fully saturated rings. The van der Waals surface area contributed by atoms with Gasteiger partial charge in [0.05, 0.1) is 18.9 Å². The fraction of sp³-hybridized carbons (Fsp3) is 0.462. The van der Waals surface area contributed by atoms with Crippen LogP contribution in [0.5, 0.6) is 0 Å². The quantitative estimate of drug-likeness (QED) is 0.832. The van der Waals surface area contributed by atoms with Crippen LogP contribution in [0.25, 0.3) is 0 Å². The Balaban J connectivity index is 1.98. The van der Waals surface area contributed by atoms with Crippen LogP contribution in [0.2, 0.25) is 0 Å². The SMILES string of the molecule is Cc1cc(Br)c(NC(=O)CC2COCCN2)c(Br)c1. The van der Waals surface area contributed by atoms with Crippen LogP contribution in [0.15, 0.2) is 21.1 Å². The van der Waals surface area contributed by atoms with Crippen molar-refractivity contribution in [1.29, 1.82) is 0 Å². The molecule has 0 saturated carbocycles. The van der Waals surface area contributed by atoms with E-state index >= 15 is 0 Å². The topological polar surface area (TPSA) is 50.4 Å². The molecule has 0 radical (unpaired) electrons. The second kappa shape index (κ2) is 6.83. The highest BCUT2D eigenvalue weighted by atomic mass is 79.9. The standard InChI is InChI=1S/C13H16Br2N2O2/c1-8-4-10(14)13(11(15)5-8)17-12(18)6-9-7-19-3-2-16-9/h4-5,9,16H,2-3,6-7H2,1H3,(H,17,18). The third-order valence-corrected chi connectivity index (χ3v) is 4.13. The molecule has 1 aliphatic heterocycles. The average Bonchev–Trinajstić information content (AvgIpc) is 2.35. The average molecular weight is 392 g/mol. The molecule has 1 saturated heterocycles. The Hall–Kier alpha value is -0.430. The summed E-state index contributed by atoms with van der Waals surface area (Å²) < 4.78 is 7.09. The molecule has 6 heteroatoms. The number of halogens is 2. The highest BCUT2D eigenvalue weighted by Gasteiger charge is 2.18. The van der Waals surface area contributed by atoms with E-state index in [4.69, 9.17) is 4.74 Å². The summed E-state index contributed by atoms with van der Waals surface area (Å²) >= 11 is 6.93. The maximum atomic E-state index is 12.0. The first-order chi connectivity index (χ1) is 9.06. The van der Waals surface area contributed by atoms with Crippen molar-refractivity contribution in [2.75, 3.05) is 25.1 Å². The van der Waals surface area contributed by atoms with E-state index in [9.17, 15) is 4.79 Å². The lowest BCUT2D eigenvalue weighted by Crippen LogP contribution is -2.43. The van der Waals surface area contributed by atoms with Crippen molar-refractivity contribution >= 4 is 43.5 Å². The van der Waals surface area contributed by atoms with Crippen LogP contribution in [-0.4, -0.2) is 31.7 Å². The van der Waals surface area contributed by atoms with Gasteiger partial charge in [-0.15, -0.1) is 0 Å². The van der Waals surface area contributed by atoms with Crippen LogP contribution in [0.4, 0.5) is 5.69 Å². The van der Waals surface area contributed by atoms with Gasteiger partial charge in [-0.3, -0.25) is 4.79 Å². The first-order valence-corrected chi connectivity index (χ1v) is 7.71. The summed E-state index contributed by atoms with van der Waals surface area (Å²) in [6.45, 7) is 4.11. The molecule has 1 atom stereocenters. The van der Waals surface area contributed by atoms with Crippen LogP contribution >= 0.6 is 31.9 Å². The molecule has 0 aliphatic carbocycles. The van der Waals surface area contributed by atoms with Crippen molar-refractivity contribution in [3.63, 3.8) is 0 Å². The minimum Gasteiger partial charge on any atom is -0.378 e. The molecule has 104 valence electrons. The summed E-state index contributed by atoms with van der Waals surface area (Å²) in [6, 6.07) is 4.04. The zero-order valence-electron chi connectivity index (χ0n) is 10.6. The number of amides is 1. The second-order valence-corrected chi connectivity index (χ2v) is 6.29. The number of hydrogen-bond donors (Lipinski definition) is 2. The van der Waals surface area contributed by atoms with Crippen molar-refractivity contribution in [3.8, 4) is 0 Å². The number of carbonyl (C=O) groups excluding carboxylic acids is 1. The Morgan fingerprint density at radius 2 is 2.16 bits per heavy atom. The van der Waals surface area contributed by atoms with Gasteiger partial charge in [0.15, 0.2) is 0 Å². The molecule has 0 bridgehead atoms. The van der Waals surface area contributed by atoms with E-state index in [1.54, 1.807) is 0 Å². The first kappa shape index (κ1) is 15.0. The van der Waals surface area contributed by atoms with Crippen LogP contribution < -0.4 is 10.6 Å². The fourth-order valence-corrected chi connectivity index (χ4v) is 3.60. The van der Waals surface area contributed by atoms with E-state index in [1.165, 1.54) is 0 Å². The largest absolute Gasteiger partial charge is 0.378 e. The molecule has 1 unspecified atom stereocenters. The Labute approximate surface area is 129 Å². The van der Waals surface area contributed by atoms with Gasteiger partial charge in [-0.2, -0.15) is 0 Å². The monoisotopic (exact) mass is 390 g/mol. The Kier molecular flexibility index (Phi) is 5.38. The van der Waals surface area contributed by atoms with Gasteiger partial charge in [0, 0.05) is 28.0 Å². The number of hydrogen-bond acceptors (Lipinski definition) is 3. The molecule has 0 aromatic heterocycles. The van der Waals surface area contributed by atoms with Crippen LogP contribution in [0, 0.1) is 6.92 Å². The molecule has 2 N–H and O–H groups in total. The Morgan fingerprint density at radius 1 is 1.47 bits per heavy atom. The van der Waals surface area contributed by atoms with Crippen molar-refractivity contribution in [1.82, 2.24) is 5.32 Å². The van der Waals surface area contributed by atoms with Crippen LogP contribution in [0.3, 0.4) is 0 Å². The number of benzene rings is 1. The third kappa shape index (κ3) is 4.27. The van der Waals surface area contributed by atoms with Gasteiger partial charge >= 0.3 is 0 Å². The normalized spacial score (nSPS) is 19.2. The van der Waals surface area contributed by atoms with E-state index in [0.29, 0.717) is 19.6 Å². The predicted molar refractivity (Wildman–Crippen MR) is 82.4 cm³/mol. The second-order valence-electron chi connectivity index (χ2n) is 4.58. The number of carbonyl (C=O) groups is 1. The van der Waals surface area contributed by atoms with Crippen molar-refractivity contribution in [2.45, 2.75) is 19.4 Å². The molecule has 0 spiro atoms. The molecular formula is C13H16Br2N2O2. The van der Waals surface area contributed by atoms with E-state index < -0.39 is 0 Å². The lowest BCUT2D eigenvalue weighted by atomic mass is 10.2. The molecule has 1 aromatic rings. The van der Waals surface area contributed by atoms with Gasteiger partial charge < -0.3 is 15.4 Å². The van der Waals surface area contributed by atoms with E-state index in [1.807, 2.05) is 19.1 Å². The summed E-state index contributed by atoms with van der Waals surface area (Å²) in [7, 11) is 0. The minimum atomic E-state index is -0.0201. The summed E-state index contributed by atoms with van der Waals surface area (Å²) in [5.41, 5.74) is 1.89. The Bertz CT molecular complexity index is 451. The maximum Gasteiger partial charge on any atom is 0.226 e. The Morgan fingerprint density at radius 3 is 2.74 bits per heavy atom. The molecule has 4 nitrogen and oxygen atoms in total. The van der Waals surface area contributed by atoms with Gasteiger partial charge in [-0.05, 0) is 56.5 Å². The fourth-order valence-electron chi connectivity index (χ4n) is 1.98. The van der Waals surface area contributed by atoms with E-state index in [2.05, 4.69) is 42.5 Å². The lowest BCUT2D eigenvalue weighted by molar-refractivity contribution is -0.117. The molecule has 2 rings (SSSR count). The summed E-state index contributed by atoms with van der Waals surface area (Å²) in [5.74, 6) is -0.0201. The van der Waals surface area contributed by atoms with Gasteiger partial charge in [0.1, 0.15) is 0 Å². The zero-order valence-corrected chi connectivity index (χ0v) is 13.8. The van der Waals surface area contributed by atoms with Gasteiger partial charge in [0.2, 0.25) is 5.91 Å². The third-order valence-electron chi connectivity index (χ3n) is 2.88. The number of aryl methyl sites for hydroxylation is 1. The highest BCUT2D eigenvalue weighted by molar-refractivity contribution is 9.11. The minimum absolute atomic E-state index is 0.0201. The highest BCUT2D eigenvalue weighted by Crippen LogP contribution is 2.32. The van der Waals surface area contributed by atoms with Crippen molar-refractivity contribution in [2.24, 2.45) is 0 Å². The smallest absolute Gasteiger partial charge is 0.226 e. The zero-order chi connectivity index (χ0) is 13.8. The van der Waals surface area contributed by atoms with Crippen molar-refractivity contribution in [3.05, 3.63) is 26.6 Å². The predicted octanol–water partition coefficient (Wildman–Crippen LogP) is 2.84. The van der Waals surface area contributed by atoms with E-state index in [-0.39, 0.29) is 11.9 Å². The van der Waals surface area contributed by atoms with Crippen LogP contribution in [0.1, 0.15) is 12.0 Å². The number of rotatable bonds is 3. The van der Waals surface area contributed by atoms with Gasteiger partial charge in [-0.25, -0.2) is 0 Å². The molecule has 1 heterocycles. The van der Waals surface area contributed by atoms with Gasteiger partial charge in [-0.1, -0.05) is 0 Å². The van der Waals surface area contributed by atoms with Crippen molar-refractivity contribution < 1.29 is 9.53 Å². The summed E-state index contributed by atoms with van der Waals surface area (Å²) in [4.78, 5) is 12.0. The van der Waals surface area contributed by atoms with Gasteiger partial charge in [0.25, 0.3) is 0 Å². The van der Waals surface area contributed by atoms with Crippen LogP contribution in [-0.2, 0) is 9.53 Å². The number of morpholine rings is 1. The first-order valence-electron chi connectivity index (χ1n) is 6.13. The molecule has 1 aliphatic rings. The summed E-state index contributed by atoms with van der Waals surface area (Å²) in [5, 5.41) is 6.19. The molecule has 1 aromatic carbocycles. The maximum absolute atomic E-state index is 12.0. The van der Waals surface area contributed by atoms with E-state index in [0.717, 1.165) is 26.7 Å².